The average Bonchev–Trinajstić information content (AvgIpc) is 2.30. The van der Waals surface area contributed by atoms with Gasteiger partial charge in [0.2, 0.25) is 0 Å². The van der Waals surface area contributed by atoms with Crippen LogP contribution in [0.4, 0.5) is 0 Å². The van der Waals surface area contributed by atoms with Crippen molar-refractivity contribution in [3.63, 3.8) is 0 Å². The van der Waals surface area contributed by atoms with Crippen LogP contribution in [0.25, 0.3) is 11.0 Å². The molecule has 0 bridgehead atoms. The lowest BCUT2D eigenvalue weighted by atomic mass is 10.3. The Hall–Kier alpha value is -0.800. The van der Waals surface area contributed by atoms with Gasteiger partial charge in [-0.05, 0) is 25.5 Å². The zero-order chi connectivity index (χ0) is 12.3. The third-order valence-electron chi connectivity index (χ3n) is 2.53. The summed E-state index contributed by atoms with van der Waals surface area (Å²) in [5.41, 5.74) is 2.91. The van der Waals surface area contributed by atoms with Crippen LogP contribution in [-0.4, -0.2) is 21.1 Å². The van der Waals surface area contributed by atoms with E-state index in [0.29, 0.717) is 11.1 Å². The van der Waals surface area contributed by atoms with Crippen molar-refractivity contribution in [3.05, 3.63) is 30.0 Å². The van der Waals surface area contributed by atoms with Gasteiger partial charge in [0.15, 0.2) is 0 Å². The van der Waals surface area contributed by atoms with Crippen LogP contribution in [-0.2, 0) is 0 Å². The molecule has 17 heavy (non-hydrogen) atoms. The molecule has 2 aromatic rings. The Kier molecular flexibility index (Phi) is 4.24. The number of benzene rings is 1. The molecule has 1 aromatic heterocycles. The van der Waals surface area contributed by atoms with E-state index >= 15 is 0 Å². The van der Waals surface area contributed by atoms with E-state index in [1.807, 2.05) is 31.2 Å². The summed E-state index contributed by atoms with van der Waals surface area (Å²) in [7, 11) is 0. The number of halogens is 1. The Morgan fingerprint density at radius 1 is 1.24 bits per heavy atom. The molecule has 0 N–H and O–H groups in total. The molecule has 0 aliphatic carbocycles. The van der Waals surface area contributed by atoms with Crippen molar-refractivity contribution in [1.82, 2.24) is 9.97 Å². The number of hydrogen-bond donors (Lipinski definition) is 0. The predicted octanol–water partition coefficient (Wildman–Crippen LogP) is 4.05. The molecule has 4 heteroatoms. The molecule has 1 unspecified atom stereocenters. The fourth-order valence-corrected chi connectivity index (χ4v) is 3.03. The number of thioether (sulfide) groups is 1. The molecule has 1 aromatic carbocycles. The van der Waals surface area contributed by atoms with Gasteiger partial charge in [-0.25, -0.2) is 9.97 Å². The van der Waals surface area contributed by atoms with Crippen LogP contribution in [0.5, 0.6) is 0 Å². The molecule has 0 spiro atoms. The second-order valence-corrected chi connectivity index (χ2v) is 5.81. The van der Waals surface area contributed by atoms with Crippen molar-refractivity contribution < 1.29 is 0 Å². The van der Waals surface area contributed by atoms with Crippen LogP contribution in [0.3, 0.4) is 0 Å². The van der Waals surface area contributed by atoms with Gasteiger partial charge in [-0.3, -0.25) is 0 Å². The quantitative estimate of drug-likeness (QED) is 0.617. The van der Waals surface area contributed by atoms with Crippen LogP contribution in [0, 0.1) is 6.92 Å². The molecule has 2 nitrogen and oxygen atoms in total. The number of hydrogen-bond acceptors (Lipinski definition) is 3. The standard InChI is InChI=1S/C13H15ClN2S/c1-9(7-8-14)17-13-10(2)15-11-5-3-4-6-12(11)16-13/h3-6,9H,7-8H2,1-2H3. The fourth-order valence-electron chi connectivity index (χ4n) is 1.59. The lowest BCUT2D eigenvalue weighted by Crippen LogP contribution is -2.00. The number of rotatable bonds is 4. The maximum Gasteiger partial charge on any atom is 0.118 e. The Morgan fingerprint density at radius 3 is 2.53 bits per heavy atom. The minimum atomic E-state index is 0.474. The van der Waals surface area contributed by atoms with Crippen molar-refractivity contribution in [2.75, 3.05) is 5.88 Å². The molecule has 0 fully saturated rings. The summed E-state index contributed by atoms with van der Waals surface area (Å²) in [5.74, 6) is 0.689. The molecule has 0 radical (unpaired) electrons. The van der Waals surface area contributed by atoms with Crippen LogP contribution < -0.4 is 0 Å². The summed E-state index contributed by atoms with van der Waals surface area (Å²) in [4.78, 5) is 9.23. The van der Waals surface area contributed by atoms with Crippen molar-refractivity contribution in [2.45, 2.75) is 30.5 Å². The Bertz CT molecular complexity index is 516. The summed E-state index contributed by atoms with van der Waals surface area (Å²) in [6, 6.07) is 7.96. The highest BCUT2D eigenvalue weighted by molar-refractivity contribution is 7.99. The van der Waals surface area contributed by atoms with Gasteiger partial charge in [0.25, 0.3) is 0 Å². The van der Waals surface area contributed by atoms with Crippen LogP contribution in [0.1, 0.15) is 19.0 Å². The smallest absolute Gasteiger partial charge is 0.118 e. The molecular formula is C13H15ClN2S. The van der Waals surface area contributed by atoms with E-state index in [-0.39, 0.29) is 0 Å². The van der Waals surface area contributed by atoms with Crippen LogP contribution in [0.15, 0.2) is 29.3 Å². The molecule has 0 aliphatic heterocycles. The highest BCUT2D eigenvalue weighted by atomic mass is 35.5. The molecule has 0 saturated carbocycles. The number of fused-ring (bicyclic) bond motifs is 1. The van der Waals surface area contributed by atoms with Gasteiger partial charge in [-0.2, -0.15) is 0 Å². The van der Waals surface area contributed by atoms with Crippen molar-refractivity contribution in [3.8, 4) is 0 Å². The third-order valence-corrected chi connectivity index (χ3v) is 4.00. The predicted molar refractivity (Wildman–Crippen MR) is 74.9 cm³/mol. The zero-order valence-electron chi connectivity index (χ0n) is 9.98. The molecule has 2 rings (SSSR count). The van der Waals surface area contributed by atoms with E-state index in [2.05, 4.69) is 16.9 Å². The van der Waals surface area contributed by atoms with Gasteiger partial charge in [0.05, 0.1) is 16.7 Å². The summed E-state index contributed by atoms with van der Waals surface area (Å²) < 4.78 is 0. The first-order valence-corrected chi connectivity index (χ1v) is 7.08. The van der Waals surface area contributed by atoms with Crippen molar-refractivity contribution in [1.29, 1.82) is 0 Å². The number of aryl methyl sites for hydroxylation is 1. The van der Waals surface area contributed by atoms with E-state index in [4.69, 9.17) is 11.6 Å². The molecule has 0 aliphatic rings. The fraction of sp³-hybridized carbons (Fsp3) is 0.385. The number of alkyl halides is 1. The van der Waals surface area contributed by atoms with Crippen LogP contribution >= 0.6 is 23.4 Å². The van der Waals surface area contributed by atoms with Crippen molar-refractivity contribution >= 4 is 34.4 Å². The van der Waals surface area contributed by atoms with Gasteiger partial charge in [-0.15, -0.1) is 23.4 Å². The molecule has 0 amide bonds. The maximum absolute atomic E-state index is 5.75. The molecule has 90 valence electrons. The minimum absolute atomic E-state index is 0.474. The minimum Gasteiger partial charge on any atom is -0.249 e. The van der Waals surface area contributed by atoms with E-state index in [0.717, 1.165) is 28.2 Å². The molecule has 1 heterocycles. The lowest BCUT2D eigenvalue weighted by molar-refractivity contribution is 0.903. The number of para-hydroxylation sites is 2. The maximum atomic E-state index is 5.75. The van der Waals surface area contributed by atoms with Crippen LogP contribution in [0.2, 0.25) is 0 Å². The summed E-state index contributed by atoms with van der Waals surface area (Å²) >= 11 is 7.50. The lowest BCUT2D eigenvalue weighted by Gasteiger charge is -2.10. The van der Waals surface area contributed by atoms with Crippen molar-refractivity contribution in [2.24, 2.45) is 0 Å². The Labute approximate surface area is 111 Å². The summed E-state index contributed by atoms with van der Waals surface area (Å²) in [6.07, 6.45) is 0.986. The SMILES string of the molecule is Cc1nc2ccccc2nc1SC(C)CCCl. The third kappa shape index (κ3) is 3.11. The van der Waals surface area contributed by atoms with E-state index in [9.17, 15) is 0 Å². The largest absolute Gasteiger partial charge is 0.249 e. The van der Waals surface area contributed by atoms with E-state index in [1.54, 1.807) is 11.8 Å². The summed E-state index contributed by atoms with van der Waals surface area (Å²) in [5, 5.41) is 1.49. The van der Waals surface area contributed by atoms with E-state index in [1.165, 1.54) is 0 Å². The number of nitrogens with zero attached hydrogens (tertiary/aromatic N) is 2. The normalized spacial score (nSPS) is 12.9. The highest BCUT2D eigenvalue weighted by Crippen LogP contribution is 2.27. The Balaban J connectivity index is 2.31. The average molecular weight is 267 g/mol. The van der Waals surface area contributed by atoms with Gasteiger partial charge in [0, 0.05) is 11.1 Å². The topological polar surface area (TPSA) is 25.8 Å². The first-order valence-electron chi connectivity index (χ1n) is 5.66. The van der Waals surface area contributed by atoms with Gasteiger partial charge < -0.3 is 0 Å². The number of aromatic nitrogens is 2. The molecular weight excluding hydrogens is 252 g/mol. The second-order valence-electron chi connectivity index (χ2n) is 4.01. The van der Waals surface area contributed by atoms with Gasteiger partial charge >= 0.3 is 0 Å². The zero-order valence-corrected chi connectivity index (χ0v) is 11.6. The first kappa shape index (κ1) is 12.7. The highest BCUT2D eigenvalue weighted by Gasteiger charge is 2.09. The molecule has 1 atom stereocenters. The second kappa shape index (κ2) is 5.69. The first-order chi connectivity index (χ1) is 8.20. The van der Waals surface area contributed by atoms with E-state index < -0.39 is 0 Å². The summed E-state index contributed by atoms with van der Waals surface area (Å²) in [6.45, 7) is 4.18. The monoisotopic (exact) mass is 266 g/mol. The molecule has 0 saturated heterocycles. The van der Waals surface area contributed by atoms with Gasteiger partial charge in [-0.1, -0.05) is 19.1 Å². The Morgan fingerprint density at radius 2 is 1.88 bits per heavy atom. The van der Waals surface area contributed by atoms with Gasteiger partial charge in [0.1, 0.15) is 5.03 Å².